The van der Waals surface area contributed by atoms with E-state index in [2.05, 4.69) is 9.40 Å². The number of amides is 1. The molecule has 2 aromatic rings. The van der Waals surface area contributed by atoms with Gasteiger partial charge in [0.25, 0.3) is 5.91 Å². The quantitative estimate of drug-likeness (QED) is 0.937. The van der Waals surface area contributed by atoms with Crippen molar-refractivity contribution in [2.45, 2.75) is 25.1 Å². The van der Waals surface area contributed by atoms with E-state index in [1.54, 1.807) is 7.05 Å². The molecule has 0 spiro atoms. The fourth-order valence-corrected chi connectivity index (χ4v) is 2.39. The van der Waals surface area contributed by atoms with Crippen LogP contribution in [-0.2, 0) is 6.18 Å². The van der Waals surface area contributed by atoms with E-state index in [1.807, 2.05) is 0 Å². The number of fused-ring (bicyclic) bond motifs is 1. The van der Waals surface area contributed by atoms with Gasteiger partial charge in [-0.3, -0.25) is 4.79 Å². The van der Waals surface area contributed by atoms with Crippen molar-refractivity contribution in [2.24, 2.45) is 5.92 Å². The third kappa shape index (κ3) is 3.31. The molecule has 1 fully saturated rings. The Morgan fingerprint density at radius 1 is 1.48 bits per heavy atom. The van der Waals surface area contributed by atoms with Gasteiger partial charge in [0.1, 0.15) is 5.52 Å². The molecule has 23 heavy (non-hydrogen) atoms. The van der Waals surface area contributed by atoms with Gasteiger partial charge in [-0.05, 0) is 37.0 Å². The predicted molar refractivity (Wildman–Crippen MR) is 74.7 cm³/mol. The van der Waals surface area contributed by atoms with E-state index in [0.29, 0.717) is 0 Å². The molecule has 3 rings (SSSR count). The van der Waals surface area contributed by atoms with Gasteiger partial charge in [-0.15, -0.1) is 0 Å². The third-order valence-electron chi connectivity index (χ3n) is 3.85. The van der Waals surface area contributed by atoms with Gasteiger partial charge >= 0.3 is 12.1 Å². The Labute approximate surface area is 129 Å². The van der Waals surface area contributed by atoms with Crippen molar-refractivity contribution in [3.8, 4) is 0 Å². The summed E-state index contributed by atoms with van der Waals surface area (Å²) in [7, 11) is 1.54. The molecule has 0 saturated heterocycles. The van der Waals surface area contributed by atoms with E-state index in [0.717, 1.165) is 12.8 Å². The number of likely N-dealkylation sites (N-methyl/N-ethyl adjacent to an activating group) is 1. The molecule has 0 bridgehead atoms. The SMILES string of the molecule is CN(CC(O)C1CC1)C(=O)c1ccc2nc(C(F)(F)F)oc2c1. The normalized spacial score (nSPS) is 16.6. The van der Waals surface area contributed by atoms with Crippen LogP contribution >= 0.6 is 0 Å². The van der Waals surface area contributed by atoms with Gasteiger partial charge in [-0.2, -0.15) is 13.2 Å². The van der Waals surface area contributed by atoms with Crippen LogP contribution < -0.4 is 0 Å². The summed E-state index contributed by atoms with van der Waals surface area (Å²) in [5.74, 6) is -1.50. The Kier molecular flexibility index (Phi) is 3.79. The smallest absolute Gasteiger partial charge is 0.433 e. The number of hydrogen-bond donors (Lipinski definition) is 1. The molecule has 0 radical (unpaired) electrons. The largest absolute Gasteiger partial charge is 0.468 e. The first-order chi connectivity index (χ1) is 10.8. The van der Waals surface area contributed by atoms with E-state index in [-0.39, 0.29) is 29.1 Å². The number of oxazole rings is 1. The molecule has 1 atom stereocenters. The summed E-state index contributed by atoms with van der Waals surface area (Å²) in [4.78, 5) is 17.0. The van der Waals surface area contributed by atoms with E-state index in [1.165, 1.54) is 23.1 Å². The Hall–Kier alpha value is -2.09. The minimum Gasteiger partial charge on any atom is -0.433 e. The van der Waals surface area contributed by atoms with Crippen LogP contribution in [-0.4, -0.2) is 40.6 Å². The molecule has 1 amide bonds. The lowest BCUT2D eigenvalue weighted by Gasteiger charge is -2.20. The molecule has 0 aliphatic heterocycles. The van der Waals surface area contributed by atoms with Crippen LogP contribution in [0.3, 0.4) is 0 Å². The number of carbonyl (C=O) groups is 1. The van der Waals surface area contributed by atoms with E-state index >= 15 is 0 Å². The van der Waals surface area contributed by atoms with E-state index < -0.39 is 24.1 Å². The van der Waals surface area contributed by atoms with Crippen LogP contribution in [0.5, 0.6) is 0 Å². The fourth-order valence-electron chi connectivity index (χ4n) is 2.39. The minimum atomic E-state index is -4.67. The number of halogens is 3. The van der Waals surface area contributed by atoms with Gasteiger partial charge in [-0.1, -0.05) is 0 Å². The Morgan fingerprint density at radius 2 is 2.17 bits per heavy atom. The van der Waals surface area contributed by atoms with Crippen LogP contribution in [0.4, 0.5) is 13.2 Å². The first kappa shape index (κ1) is 15.8. The molecule has 8 heteroatoms. The molecule has 124 valence electrons. The number of benzene rings is 1. The van der Waals surface area contributed by atoms with Crippen molar-refractivity contribution in [3.05, 3.63) is 29.7 Å². The van der Waals surface area contributed by atoms with Gasteiger partial charge in [0.2, 0.25) is 0 Å². The maximum Gasteiger partial charge on any atom is 0.468 e. The van der Waals surface area contributed by atoms with E-state index in [4.69, 9.17) is 0 Å². The van der Waals surface area contributed by atoms with Crippen LogP contribution in [0.1, 0.15) is 29.1 Å². The number of nitrogens with zero attached hydrogens (tertiary/aromatic N) is 2. The maximum absolute atomic E-state index is 12.6. The highest BCUT2D eigenvalue weighted by Crippen LogP contribution is 2.33. The van der Waals surface area contributed by atoms with Crippen molar-refractivity contribution in [2.75, 3.05) is 13.6 Å². The molecule has 1 heterocycles. The fraction of sp³-hybridized carbons (Fsp3) is 0.467. The van der Waals surface area contributed by atoms with Gasteiger partial charge in [0.15, 0.2) is 5.58 Å². The number of carbonyl (C=O) groups excluding carboxylic acids is 1. The molecule has 1 aromatic carbocycles. The monoisotopic (exact) mass is 328 g/mol. The van der Waals surface area contributed by atoms with Gasteiger partial charge in [0, 0.05) is 19.2 Å². The molecule has 1 aliphatic rings. The number of aliphatic hydroxyl groups excluding tert-OH is 1. The minimum absolute atomic E-state index is 0.0366. The Balaban J connectivity index is 1.80. The molecule has 1 saturated carbocycles. The van der Waals surface area contributed by atoms with Crippen molar-refractivity contribution in [1.82, 2.24) is 9.88 Å². The summed E-state index contributed by atoms with van der Waals surface area (Å²) < 4.78 is 42.4. The second-order valence-electron chi connectivity index (χ2n) is 5.79. The summed E-state index contributed by atoms with van der Waals surface area (Å²) in [5.41, 5.74) is 0.127. The summed E-state index contributed by atoms with van der Waals surface area (Å²) in [5, 5.41) is 9.87. The topological polar surface area (TPSA) is 66.6 Å². The Morgan fingerprint density at radius 3 is 2.78 bits per heavy atom. The van der Waals surface area contributed by atoms with Crippen molar-refractivity contribution >= 4 is 17.0 Å². The summed E-state index contributed by atoms with van der Waals surface area (Å²) in [6, 6.07) is 3.94. The number of hydrogen-bond acceptors (Lipinski definition) is 4. The highest BCUT2D eigenvalue weighted by molar-refractivity contribution is 5.96. The highest BCUT2D eigenvalue weighted by atomic mass is 19.4. The van der Waals surface area contributed by atoms with Gasteiger partial charge in [-0.25, -0.2) is 4.98 Å². The molecule has 1 N–H and O–H groups in total. The van der Waals surface area contributed by atoms with Crippen molar-refractivity contribution in [1.29, 1.82) is 0 Å². The molecule has 5 nitrogen and oxygen atoms in total. The van der Waals surface area contributed by atoms with Crippen LogP contribution in [0, 0.1) is 5.92 Å². The number of aliphatic hydroxyl groups is 1. The molecular formula is C15H15F3N2O3. The maximum atomic E-state index is 12.6. The van der Waals surface area contributed by atoms with Gasteiger partial charge in [0.05, 0.1) is 6.10 Å². The zero-order valence-electron chi connectivity index (χ0n) is 12.3. The zero-order valence-corrected chi connectivity index (χ0v) is 12.3. The lowest BCUT2D eigenvalue weighted by Crippen LogP contribution is -2.35. The molecule has 1 unspecified atom stereocenters. The molecule has 1 aliphatic carbocycles. The van der Waals surface area contributed by atoms with Crippen molar-refractivity contribution < 1.29 is 27.5 Å². The predicted octanol–water partition coefficient (Wildman–Crippen LogP) is 2.69. The van der Waals surface area contributed by atoms with E-state index in [9.17, 15) is 23.1 Å². The second-order valence-corrected chi connectivity index (χ2v) is 5.79. The zero-order chi connectivity index (χ0) is 16.8. The average molecular weight is 328 g/mol. The number of rotatable bonds is 4. The summed E-state index contributed by atoms with van der Waals surface area (Å²) >= 11 is 0. The lowest BCUT2D eigenvalue weighted by molar-refractivity contribution is -0.156. The second kappa shape index (κ2) is 5.52. The Bertz CT molecular complexity index is 737. The van der Waals surface area contributed by atoms with Gasteiger partial charge < -0.3 is 14.4 Å². The summed E-state index contributed by atoms with van der Waals surface area (Å²) in [6.07, 6.45) is -3.34. The standard InChI is InChI=1S/C15H15F3N2O3/c1-20(7-11(21)8-2-3-8)13(22)9-4-5-10-12(6-9)23-14(19-10)15(16,17)18/h4-6,8,11,21H,2-3,7H2,1H3. The highest BCUT2D eigenvalue weighted by Gasteiger charge is 2.37. The lowest BCUT2D eigenvalue weighted by atomic mass is 10.1. The average Bonchev–Trinajstić information content (AvgIpc) is 3.23. The number of aromatic nitrogens is 1. The molecule has 1 aromatic heterocycles. The van der Waals surface area contributed by atoms with Crippen molar-refractivity contribution in [3.63, 3.8) is 0 Å². The first-order valence-electron chi connectivity index (χ1n) is 7.17. The molecular weight excluding hydrogens is 313 g/mol. The summed E-state index contributed by atoms with van der Waals surface area (Å²) in [6.45, 7) is 0.186. The van der Waals surface area contributed by atoms with Crippen LogP contribution in [0.15, 0.2) is 22.6 Å². The first-order valence-corrected chi connectivity index (χ1v) is 7.17. The van der Waals surface area contributed by atoms with Crippen LogP contribution in [0.25, 0.3) is 11.1 Å². The third-order valence-corrected chi connectivity index (χ3v) is 3.85. The number of alkyl halides is 3. The van der Waals surface area contributed by atoms with Crippen LogP contribution in [0.2, 0.25) is 0 Å².